The fraction of sp³-hybridized carbons (Fsp3) is 0.571. The number of carbonyl (C=O) groups is 1. The van der Waals surface area contributed by atoms with Crippen molar-refractivity contribution in [3.05, 3.63) is 11.6 Å². The van der Waals surface area contributed by atoms with Crippen molar-refractivity contribution in [1.82, 2.24) is 0 Å². The molecule has 0 aliphatic heterocycles. The van der Waals surface area contributed by atoms with Crippen molar-refractivity contribution in [3.63, 3.8) is 0 Å². The van der Waals surface area contributed by atoms with E-state index in [-0.39, 0.29) is 12.0 Å². The molecule has 1 aliphatic rings. The second kappa shape index (κ2) is 2.84. The van der Waals surface area contributed by atoms with Crippen LogP contribution in [-0.4, -0.2) is 19.1 Å². The average molecular weight is 141 g/mol. The van der Waals surface area contributed by atoms with Crippen molar-refractivity contribution in [1.29, 1.82) is 0 Å². The van der Waals surface area contributed by atoms with Gasteiger partial charge in [0, 0.05) is 11.6 Å². The Hall–Kier alpha value is -0.830. The van der Waals surface area contributed by atoms with Crippen LogP contribution in [0.3, 0.4) is 0 Å². The van der Waals surface area contributed by atoms with Crippen LogP contribution in [0, 0.1) is 0 Å². The van der Waals surface area contributed by atoms with Crippen molar-refractivity contribution >= 4 is 5.97 Å². The first-order chi connectivity index (χ1) is 4.74. The number of methoxy groups -OCH3 is 1. The molecule has 0 amide bonds. The largest absolute Gasteiger partial charge is 0.466 e. The molecule has 3 nitrogen and oxygen atoms in total. The summed E-state index contributed by atoms with van der Waals surface area (Å²) < 4.78 is 4.52. The van der Waals surface area contributed by atoms with Crippen LogP contribution in [0.1, 0.15) is 12.8 Å². The third kappa shape index (κ3) is 1.36. The molecule has 1 rings (SSSR count). The van der Waals surface area contributed by atoms with E-state index in [2.05, 4.69) is 4.74 Å². The second-order valence-corrected chi connectivity index (χ2v) is 2.39. The summed E-state index contributed by atoms with van der Waals surface area (Å²) in [7, 11) is 1.38. The first kappa shape index (κ1) is 7.28. The van der Waals surface area contributed by atoms with Crippen molar-refractivity contribution in [2.45, 2.75) is 18.9 Å². The highest BCUT2D eigenvalue weighted by molar-refractivity contribution is 5.88. The summed E-state index contributed by atoms with van der Waals surface area (Å²) in [6, 6.07) is 0.0501. The number of ether oxygens (including phenoxy) is 1. The van der Waals surface area contributed by atoms with Gasteiger partial charge in [-0.1, -0.05) is 6.08 Å². The Bertz CT molecular complexity index is 174. The Kier molecular flexibility index (Phi) is 2.06. The van der Waals surface area contributed by atoms with Gasteiger partial charge in [-0.05, 0) is 12.8 Å². The number of esters is 1. The number of hydrogen-bond acceptors (Lipinski definition) is 3. The van der Waals surface area contributed by atoms with Gasteiger partial charge in [-0.3, -0.25) is 0 Å². The van der Waals surface area contributed by atoms with E-state index in [0.717, 1.165) is 18.4 Å². The first-order valence-electron chi connectivity index (χ1n) is 3.28. The average Bonchev–Trinajstić information content (AvgIpc) is 2.34. The summed E-state index contributed by atoms with van der Waals surface area (Å²) in [5.41, 5.74) is 6.25. The molecule has 0 saturated heterocycles. The van der Waals surface area contributed by atoms with Crippen molar-refractivity contribution < 1.29 is 9.53 Å². The zero-order valence-electron chi connectivity index (χ0n) is 5.96. The lowest BCUT2D eigenvalue weighted by atomic mass is 10.2. The van der Waals surface area contributed by atoms with E-state index in [1.807, 2.05) is 0 Å². The molecule has 2 N–H and O–H groups in total. The molecular formula is C7H11NO2. The van der Waals surface area contributed by atoms with E-state index >= 15 is 0 Å². The molecule has 0 heterocycles. The van der Waals surface area contributed by atoms with Gasteiger partial charge >= 0.3 is 5.97 Å². The summed E-state index contributed by atoms with van der Waals surface area (Å²) in [6.07, 6.45) is 3.39. The molecule has 0 bridgehead atoms. The number of rotatable bonds is 1. The third-order valence-electron chi connectivity index (χ3n) is 1.61. The van der Waals surface area contributed by atoms with E-state index in [4.69, 9.17) is 5.73 Å². The zero-order chi connectivity index (χ0) is 7.56. The van der Waals surface area contributed by atoms with Crippen LogP contribution in [0.15, 0.2) is 11.6 Å². The van der Waals surface area contributed by atoms with Gasteiger partial charge in [0.15, 0.2) is 0 Å². The second-order valence-electron chi connectivity index (χ2n) is 2.39. The lowest BCUT2D eigenvalue weighted by Crippen LogP contribution is -2.12. The van der Waals surface area contributed by atoms with Gasteiger partial charge in [-0.2, -0.15) is 0 Å². The highest BCUT2D eigenvalue weighted by Gasteiger charge is 2.17. The number of hydrogen-bond donors (Lipinski definition) is 1. The SMILES string of the molecule is COC(=O)C1=C[C@@H](N)CC1. The summed E-state index contributed by atoms with van der Waals surface area (Å²) in [5.74, 6) is -0.243. The molecule has 0 aromatic heterocycles. The Balaban J connectivity index is 2.57. The van der Waals surface area contributed by atoms with Crippen LogP contribution in [-0.2, 0) is 9.53 Å². The summed E-state index contributed by atoms with van der Waals surface area (Å²) >= 11 is 0. The zero-order valence-corrected chi connectivity index (χ0v) is 5.96. The van der Waals surface area contributed by atoms with Gasteiger partial charge in [0.25, 0.3) is 0 Å². The minimum absolute atomic E-state index is 0.0501. The fourth-order valence-corrected chi connectivity index (χ4v) is 1.05. The predicted octanol–water partition coefficient (Wildman–Crippen LogP) is 0.207. The van der Waals surface area contributed by atoms with Crippen LogP contribution >= 0.6 is 0 Å². The van der Waals surface area contributed by atoms with Gasteiger partial charge < -0.3 is 10.5 Å². The van der Waals surface area contributed by atoms with E-state index in [0.29, 0.717) is 0 Å². The lowest BCUT2D eigenvalue weighted by Gasteiger charge is -1.95. The molecule has 0 spiro atoms. The molecule has 0 fully saturated rings. The molecule has 1 atom stereocenters. The maximum absolute atomic E-state index is 10.8. The summed E-state index contributed by atoms with van der Waals surface area (Å²) in [5, 5.41) is 0. The quantitative estimate of drug-likeness (QED) is 0.531. The molecule has 3 heteroatoms. The fourth-order valence-electron chi connectivity index (χ4n) is 1.05. The Morgan fingerprint density at radius 1 is 1.90 bits per heavy atom. The monoisotopic (exact) mass is 141 g/mol. The van der Waals surface area contributed by atoms with Gasteiger partial charge in [0.05, 0.1) is 7.11 Å². The molecule has 56 valence electrons. The van der Waals surface area contributed by atoms with Gasteiger partial charge in [0.1, 0.15) is 0 Å². The minimum Gasteiger partial charge on any atom is -0.466 e. The molecule has 0 unspecified atom stereocenters. The molecular weight excluding hydrogens is 130 g/mol. The van der Waals surface area contributed by atoms with E-state index in [1.54, 1.807) is 6.08 Å². The molecule has 1 aliphatic carbocycles. The molecule has 0 radical (unpaired) electrons. The highest BCUT2D eigenvalue weighted by Crippen LogP contribution is 2.17. The van der Waals surface area contributed by atoms with E-state index in [1.165, 1.54) is 7.11 Å². The maximum atomic E-state index is 10.8. The predicted molar refractivity (Wildman–Crippen MR) is 37.3 cm³/mol. The van der Waals surface area contributed by atoms with Crippen LogP contribution in [0.2, 0.25) is 0 Å². The lowest BCUT2D eigenvalue weighted by molar-refractivity contribution is -0.136. The Labute approximate surface area is 59.8 Å². The minimum atomic E-state index is -0.243. The summed E-state index contributed by atoms with van der Waals surface area (Å²) in [6.45, 7) is 0. The van der Waals surface area contributed by atoms with Crippen molar-refractivity contribution in [2.24, 2.45) is 5.73 Å². The highest BCUT2D eigenvalue weighted by atomic mass is 16.5. The molecule has 10 heavy (non-hydrogen) atoms. The van der Waals surface area contributed by atoms with Gasteiger partial charge in [0.2, 0.25) is 0 Å². The van der Waals surface area contributed by atoms with Crippen molar-refractivity contribution in [2.75, 3.05) is 7.11 Å². The Morgan fingerprint density at radius 3 is 3.00 bits per heavy atom. The van der Waals surface area contributed by atoms with Crippen LogP contribution < -0.4 is 5.73 Å². The van der Waals surface area contributed by atoms with E-state index < -0.39 is 0 Å². The van der Waals surface area contributed by atoms with E-state index in [9.17, 15) is 4.79 Å². The summed E-state index contributed by atoms with van der Waals surface area (Å²) in [4.78, 5) is 10.8. The molecule has 0 aromatic carbocycles. The number of nitrogens with two attached hydrogens (primary N) is 1. The number of carbonyl (C=O) groups excluding carboxylic acids is 1. The van der Waals surface area contributed by atoms with Gasteiger partial charge in [-0.15, -0.1) is 0 Å². The van der Waals surface area contributed by atoms with Crippen molar-refractivity contribution in [3.8, 4) is 0 Å². The first-order valence-corrected chi connectivity index (χ1v) is 3.28. The smallest absolute Gasteiger partial charge is 0.333 e. The molecule has 0 aromatic rings. The standard InChI is InChI=1S/C7H11NO2/c1-10-7(9)5-2-3-6(8)4-5/h4,6H,2-3,8H2,1H3/t6-/m0/s1. The van der Waals surface area contributed by atoms with Gasteiger partial charge in [-0.25, -0.2) is 4.79 Å². The molecule has 0 saturated carbocycles. The topological polar surface area (TPSA) is 52.3 Å². The van der Waals surface area contributed by atoms with Crippen LogP contribution in [0.5, 0.6) is 0 Å². The third-order valence-corrected chi connectivity index (χ3v) is 1.61. The van der Waals surface area contributed by atoms with Crippen LogP contribution in [0.25, 0.3) is 0 Å². The van der Waals surface area contributed by atoms with Crippen LogP contribution in [0.4, 0.5) is 0 Å². The Morgan fingerprint density at radius 2 is 2.60 bits per heavy atom. The normalized spacial score (nSPS) is 24.2. The maximum Gasteiger partial charge on any atom is 0.333 e.